The first kappa shape index (κ1) is 13.8. The molecule has 0 bridgehead atoms. The second-order valence-corrected chi connectivity index (χ2v) is 6.23. The van der Waals surface area contributed by atoms with E-state index in [2.05, 4.69) is 67.7 Å². The van der Waals surface area contributed by atoms with Gasteiger partial charge in [0.25, 0.3) is 0 Å². The fourth-order valence-electron chi connectivity index (χ4n) is 2.21. The van der Waals surface area contributed by atoms with Gasteiger partial charge in [-0.25, -0.2) is 4.98 Å². The van der Waals surface area contributed by atoms with E-state index in [-0.39, 0.29) is 0 Å². The van der Waals surface area contributed by atoms with Crippen LogP contribution in [0.4, 0.5) is 5.13 Å². The highest BCUT2D eigenvalue weighted by molar-refractivity contribution is 7.19. The van der Waals surface area contributed by atoms with E-state index in [0.29, 0.717) is 6.04 Å². The molecular formula is C18H18N2S. The third-order valence-electron chi connectivity index (χ3n) is 3.12. The maximum Gasteiger partial charge on any atom is 0.184 e. The van der Waals surface area contributed by atoms with Gasteiger partial charge in [-0.15, -0.1) is 0 Å². The molecule has 1 N–H and O–H groups in total. The number of anilines is 1. The van der Waals surface area contributed by atoms with Gasteiger partial charge in [-0.05, 0) is 19.4 Å². The highest BCUT2D eigenvalue weighted by atomic mass is 32.1. The average molecular weight is 294 g/mol. The van der Waals surface area contributed by atoms with E-state index in [9.17, 15) is 0 Å². The van der Waals surface area contributed by atoms with Crippen LogP contribution in [-0.2, 0) is 0 Å². The number of nitrogens with one attached hydrogen (secondary N) is 1. The molecule has 0 unspecified atom stereocenters. The molecule has 3 heteroatoms. The molecule has 1 aromatic heterocycles. The van der Waals surface area contributed by atoms with Gasteiger partial charge >= 0.3 is 0 Å². The van der Waals surface area contributed by atoms with E-state index in [1.54, 1.807) is 11.3 Å². The number of thiazole rings is 1. The highest BCUT2D eigenvalue weighted by Gasteiger charge is 2.14. The summed E-state index contributed by atoms with van der Waals surface area (Å²) in [5.41, 5.74) is 3.42. The summed E-state index contributed by atoms with van der Waals surface area (Å²) in [6, 6.07) is 21.2. The Labute approximate surface area is 129 Å². The molecule has 0 amide bonds. The first-order chi connectivity index (χ1) is 10.2. The number of aromatic nitrogens is 1. The molecule has 0 spiro atoms. The molecule has 3 rings (SSSR count). The summed E-state index contributed by atoms with van der Waals surface area (Å²) in [6.45, 7) is 4.26. The molecule has 0 aliphatic rings. The summed E-state index contributed by atoms with van der Waals surface area (Å²) in [4.78, 5) is 6.02. The van der Waals surface area contributed by atoms with Crippen LogP contribution in [0.5, 0.6) is 0 Å². The van der Waals surface area contributed by atoms with Crippen LogP contribution in [0.15, 0.2) is 60.7 Å². The minimum Gasteiger partial charge on any atom is -0.359 e. The first-order valence-electron chi connectivity index (χ1n) is 7.12. The van der Waals surface area contributed by atoms with Gasteiger partial charge in [-0.2, -0.15) is 0 Å². The number of rotatable bonds is 4. The predicted octanol–water partition coefficient (Wildman–Crippen LogP) is 5.30. The van der Waals surface area contributed by atoms with Gasteiger partial charge in [0.15, 0.2) is 5.13 Å². The minimum atomic E-state index is 0.378. The van der Waals surface area contributed by atoms with E-state index >= 15 is 0 Å². The summed E-state index contributed by atoms with van der Waals surface area (Å²) in [5, 5.41) is 4.39. The smallest absolute Gasteiger partial charge is 0.184 e. The van der Waals surface area contributed by atoms with Crippen LogP contribution < -0.4 is 5.32 Å². The molecule has 2 aromatic carbocycles. The summed E-state index contributed by atoms with van der Waals surface area (Å²) >= 11 is 1.71. The lowest BCUT2D eigenvalue weighted by atomic mass is 10.1. The van der Waals surface area contributed by atoms with Crippen molar-refractivity contribution in [1.82, 2.24) is 4.98 Å². The van der Waals surface area contributed by atoms with Crippen molar-refractivity contribution < 1.29 is 0 Å². The van der Waals surface area contributed by atoms with Crippen molar-refractivity contribution in [2.75, 3.05) is 5.32 Å². The van der Waals surface area contributed by atoms with Gasteiger partial charge in [0, 0.05) is 11.6 Å². The molecule has 0 aliphatic carbocycles. The van der Waals surface area contributed by atoms with Crippen molar-refractivity contribution >= 4 is 16.5 Å². The number of nitrogens with zero attached hydrogens (tertiary/aromatic N) is 1. The number of hydrogen-bond donors (Lipinski definition) is 1. The van der Waals surface area contributed by atoms with Crippen LogP contribution in [0.1, 0.15) is 13.8 Å². The largest absolute Gasteiger partial charge is 0.359 e. The molecule has 0 aliphatic heterocycles. The Bertz CT molecular complexity index is 646. The molecule has 0 radical (unpaired) electrons. The summed E-state index contributed by atoms with van der Waals surface area (Å²) in [7, 11) is 0. The monoisotopic (exact) mass is 294 g/mol. The Morgan fingerprint density at radius 3 is 2.00 bits per heavy atom. The molecule has 0 saturated heterocycles. The second kappa shape index (κ2) is 6.10. The molecule has 2 nitrogen and oxygen atoms in total. The van der Waals surface area contributed by atoms with Crippen LogP contribution in [0.3, 0.4) is 0 Å². The zero-order valence-corrected chi connectivity index (χ0v) is 13.0. The average Bonchev–Trinajstić information content (AvgIpc) is 2.92. The first-order valence-corrected chi connectivity index (χ1v) is 7.94. The molecule has 3 aromatic rings. The van der Waals surface area contributed by atoms with Crippen molar-refractivity contribution in [3.05, 3.63) is 60.7 Å². The van der Waals surface area contributed by atoms with Crippen molar-refractivity contribution in [3.63, 3.8) is 0 Å². The standard InChI is InChI=1S/C18H18N2S/c1-13(2)19-18-20-16(14-9-5-3-6-10-14)17(21-18)15-11-7-4-8-12-15/h3-13H,1-2H3,(H,19,20). The van der Waals surface area contributed by atoms with Crippen molar-refractivity contribution in [1.29, 1.82) is 0 Å². The van der Waals surface area contributed by atoms with Crippen molar-refractivity contribution in [3.8, 4) is 21.7 Å². The number of benzene rings is 2. The van der Waals surface area contributed by atoms with Gasteiger partial charge in [0.05, 0.1) is 10.6 Å². The lowest BCUT2D eigenvalue weighted by Gasteiger charge is -2.04. The molecule has 106 valence electrons. The van der Waals surface area contributed by atoms with E-state index in [4.69, 9.17) is 4.98 Å². The van der Waals surface area contributed by atoms with Gasteiger partial charge in [0.1, 0.15) is 0 Å². The highest BCUT2D eigenvalue weighted by Crippen LogP contribution is 2.38. The Hall–Kier alpha value is -2.13. The summed E-state index contributed by atoms with van der Waals surface area (Å²) in [6.07, 6.45) is 0. The van der Waals surface area contributed by atoms with Crippen LogP contribution >= 0.6 is 11.3 Å². The normalized spacial score (nSPS) is 10.8. The van der Waals surface area contributed by atoms with E-state index < -0.39 is 0 Å². The molecular weight excluding hydrogens is 276 g/mol. The van der Waals surface area contributed by atoms with Crippen molar-refractivity contribution in [2.24, 2.45) is 0 Å². The molecule has 1 heterocycles. The van der Waals surface area contributed by atoms with Gasteiger partial charge < -0.3 is 5.32 Å². The summed E-state index contributed by atoms with van der Waals surface area (Å²) in [5.74, 6) is 0. The summed E-state index contributed by atoms with van der Waals surface area (Å²) < 4.78 is 0. The van der Waals surface area contributed by atoms with E-state index in [1.165, 1.54) is 10.4 Å². The molecule has 0 atom stereocenters. The van der Waals surface area contributed by atoms with Gasteiger partial charge in [-0.1, -0.05) is 72.0 Å². The van der Waals surface area contributed by atoms with E-state index in [1.807, 2.05) is 12.1 Å². The van der Waals surface area contributed by atoms with Gasteiger partial charge in [0.2, 0.25) is 0 Å². The fraction of sp³-hybridized carbons (Fsp3) is 0.167. The lowest BCUT2D eigenvalue weighted by molar-refractivity contribution is 0.897. The minimum absolute atomic E-state index is 0.378. The second-order valence-electron chi connectivity index (χ2n) is 5.23. The molecule has 0 fully saturated rings. The van der Waals surface area contributed by atoms with Crippen LogP contribution in [-0.4, -0.2) is 11.0 Å². The molecule has 0 saturated carbocycles. The third-order valence-corrected chi connectivity index (χ3v) is 4.16. The Balaban J connectivity index is 2.11. The topological polar surface area (TPSA) is 24.9 Å². The lowest BCUT2D eigenvalue weighted by Crippen LogP contribution is -2.08. The van der Waals surface area contributed by atoms with Crippen LogP contribution in [0.2, 0.25) is 0 Å². The Morgan fingerprint density at radius 2 is 1.43 bits per heavy atom. The predicted molar refractivity (Wildman–Crippen MR) is 91.7 cm³/mol. The Morgan fingerprint density at radius 1 is 0.857 bits per heavy atom. The molecule has 21 heavy (non-hydrogen) atoms. The quantitative estimate of drug-likeness (QED) is 0.706. The fourth-order valence-corrected chi connectivity index (χ4v) is 3.34. The number of hydrogen-bond acceptors (Lipinski definition) is 3. The van der Waals surface area contributed by atoms with Crippen LogP contribution in [0, 0.1) is 0 Å². The SMILES string of the molecule is CC(C)Nc1nc(-c2ccccc2)c(-c2ccccc2)s1. The van der Waals surface area contributed by atoms with Crippen molar-refractivity contribution in [2.45, 2.75) is 19.9 Å². The Kier molecular flexibility index (Phi) is 4.02. The third kappa shape index (κ3) is 3.14. The maximum atomic E-state index is 4.80. The van der Waals surface area contributed by atoms with Gasteiger partial charge in [-0.3, -0.25) is 0 Å². The van der Waals surface area contributed by atoms with Crippen LogP contribution in [0.25, 0.3) is 21.7 Å². The zero-order chi connectivity index (χ0) is 14.7. The maximum absolute atomic E-state index is 4.80. The zero-order valence-electron chi connectivity index (χ0n) is 12.2. The van der Waals surface area contributed by atoms with E-state index in [0.717, 1.165) is 16.4 Å².